The topological polar surface area (TPSA) is 94.6 Å². The number of rotatable bonds is 6. The highest BCUT2D eigenvalue weighted by Gasteiger charge is 2.52. The molecule has 2 amide bonds. The molecule has 2 aliphatic carbocycles. The zero-order valence-electron chi connectivity index (χ0n) is 20.4. The van der Waals surface area contributed by atoms with Crippen LogP contribution in [-0.4, -0.2) is 58.5 Å². The number of pyridine rings is 1. The van der Waals surface area contributed by atoms with Gasteiger partial charge in [0.2, 0.25) is 5.91 Å². The molecule has 198 valence electrons. The van der Waals surface area contributed by atoms with Gasteiger partial charge in [0, 0.05) is 48.7 Å². The second kappa shape index (κ2) is 10.1. The number of fused-ring (bicyclic) bond motifs is 2. The fourth-order valence-electron chi connectivity index (χ4n) is 6.58. The number of hydrogen-bond acceptors (Lipinski definition) is 5. The maximum atomic E-state index is 12.9. The smallest absolute Gasteiger partial charge is 0.385 e. The lowest BCUT2D eigenvalue weighted by molar-refractivity contribution is -0.137. The molecule has 0 radical (unpaired) electrons. The largest absolute Gasteiger partial charge is 0.416 e. The van der Waals surface area contributed by atoms with Gasteiger partial charge in [-0.1, -0.05) is 12.1 Å². The van der Waals surface area contributed by atoms with E-state index in [0.29, 0.717) is 37.3 Å². The van der Waals surface area contributed by atoms with Gasteiger partial charge in [-0.25, -0.2) is 0 Å². The number of halogens is 3. The number of carbonyl (C=O) groups is 2. The number of hydrogen-bond donors (Lipinski definition) is 3. The molecule has 2 aromatic rings. The highest BCUT2D eigenvalue weighted by molar-refractivity contribution is 5.96. The molecule has 3 aliphatic rings. The molecule has 5 rings (SSSR count). The molecule has 2 heterocycles. The number of nitrogens with zero attached hydrogens (tertiary/aromatic N) is 2. The first-order valence-corrected chi connectivity index (χ1v) is 12.7. The molecular weight excluding hydrogens is 485 g/mol. The lowest BCUT2D eigenvalue weighted by Crippen LogP contribution is -2.50. The van der Waals surface area contributed by atoms with Crippen LogP contribution in [0.3, 0.4) is 0 Å². The van der Waals surface area contributed by atoms with Gasteiger partial charge in [0.15, 0.2) is 0 Å². The Balaban J connectivity index is 1.12. The maximum absolute atomic E-state index is 12.9. The third-order valence-corrected chi connectivity index (χ3v) is 8.14. The number of carbonyl (C=O) groups excluding carboxylic acids is 2. The van der Waals surface area contributed by atoms with Crippen LogP contribution in [0.4, 0.5) is 13.2 Å². The molecule has 7 nitrogen and oxygen atoms in total. The molecule has 1 aliphatic heterocycles. The molecule has 2 unspecified atom stereocenters. The van der Waals surface area contributed by atoms with Gasteiger partial charge in [0.25, 0.3) is 5.91 Å². The molecule has 2 bridgehead atoms. The van der Waals surface area contributed by atoms with E-state index in [0.717, 1.165) is 43.5 Å². The molecule has 37 heavy (non-hydrogen) atoms. The van der Waals surface area contributed by atoms with Crippen molar-refractivity contribution in [2.45, 2.75) is 56.0 Å². The van der Waals surface area contributed by atoms with Crippen molar-refractivity contribution < 1.29 is 27.9 Å². The highest BCUT2D eigenvalue weighted by Crippen LogP contribution is 2.52. The Morgan fingerprint density at radius 1 is 1.11 bits per heavy atom. The molecule has 3 fully saturated rings. The molecular formula is C27H31F3N4O3. The molecule has 0 spiro atoms. The van der Waals surface area contributed by atoms with Gasteiger partial charge in [-0.2, -0.15) is 13.2 Å². The fraction of sp³-hybridized carbons (Fsp3) is 0.519. The molecule has 1 aromatic heterocycles. The Morgan fingerprint density at radius 3 is 2.54 bits per heavy atom. The number of aliphatic hydroxyl groups is 1. The Labute approximate surface area is 213 Å². The Bertz CT molecular complexity index is 1130. The van der Waals surface area contributed by atoms with Crippen molar-refractivity contribution in [2.75, 3.05) is 19.6 Å². The van der Waals surface area contributed by atoms with Crippen molar-refractivity contribution in [3.05, 3.63) is 65.5 Å². The predicted molar refractivity (Wildman–Crippen MR) is 129 cm³/mol. The number of alkyl halides is 3. The average molecular weight is 517 g/mol. The van der Waals surface area contributed by atoms with Crippen LogP contribution in [0.1, 0.15) is 53.6 Å². The number of aromatic nitrogens is 1. The summed E-state index contributed by atoms with van der Waals surface area (Å²) in [5.74, 6) is -0.339. The number of nitrogens with one attached hydrogen (secondary N) is 2. The Kier molecular flexibility index (Phi) is 6.97. The summed E-state index contributed by atoms with van der Waals surface area (Å²) in [5.41, 5.74) is -1.02. The second-order valence-electron chi connectivity index (χ2n) is 10.6. The summed E-state index contributed by atoms with van der Waals surface area (Å²) in [6.45, 7) is 1.25. The van der Waals surface area contributed by atoms with Gasteiger partial charge in [0.05, 0.1) is 17.7 Å². The summed E-state index contributed by atoms with van der Waals surface area (Å²) in [5, 5.41) is 16.7. The quantitative estimate of drug-likeness (QED) is 0.549. The third kappa shape index (κ3) is 5.50. The van der Waals surface area contributed by atoms with E-state index >= 15 is 0 Å². The maximum Gasteiger partial charge on any atom is 0.416 e. The number of likely N-dealkylation sites (tertiary alicyclic amines) is 1. The Hall–Kier alpha value is -2.98. The van der Waals surface area contributed by atoms with Crippen molar-refractivity contribution in [1.29, 1.82) is 0 Å². The highest BCUT2D eigenvalue weighted by atomic mass is 19.4. The summed E-state index contributed by atoms with van der Waals surface area (Å²) in [6.07, 6.45) is 3.27. The van der Waals surface area contributed by atoms with E-state index in [-0.39, 0.29) is 24.1 Å². The second-order valence-corrected chi connectivity index (χ2v) is 10.6. The van der Waals surface area contributed by atoms with Gasteiger partial charge >= 0.3 is 6.18 Å². The lowest BCUT2D eigenvalue weighted by atomic mass is 9.71. The van der Waals surface area contributed by atoms with E-state index in [9.17, 15) is 27.9 Å². The van der Waals surface area contributed by atoms with Crippen molar-refractivity contribution in [2.24, 2.45) is 11.8 Å². The van der Waals surface area contributed by atoms with Crippen LogP contribution in [0.25, 0.3) is 0 Å². The monoisotopic (exact) mass is 516 g/mol. The van der Waals surface area contributed by atoms with Crippen molar-refractivity contribution >= 4 is 11.8 Å². The minimum Gasteiger partial charge on any atom is -0.385 e. The molecule has 1 saturated heterocycles. The third-order valence-electron chi connectivity index (χ3n) is 8.14. The number of benzene rings is 1. The summed E-state index contributed by atoms with van der Waals surface area (Å²) >= 11 is 0. The number of amides is 2. The first-order valence-electron chi connectivity index (χ1n) is 12.7. The van der Waals surface area contributed by atoms with Crippen LogP contribution in [0, 0.1) is 11.8 Å². The van der Waals surface area contributed by atoms with E-state index in [4.69, 9.17) is 0 Å². The minimum absolute atomic E-state index is 0.0588. The average Bonchev–Trinajstić information content (AvgIpc) is 3.44. The van der Waals surface area contributed by atoms with Crippen LogP contribution in [0.5, 0.6) is 0 Å². The standard InChI is InChI=1S/C27H31F3N4O3/c28-27(29,30)20-4-1-3-17(11-20)25(36)32-15-23(35)33-22-8-10-34(16-22)24-18-6-7-19(24)13-26(37,12-18)21-5-2-9-31-14-21/h1-5,9,11,14,18-19,22,24,37H,6-8,10,12-13,15-16H2,(H,32,36)(H,33,35)/t18?,19?,22-,24?,26?/m1/s1. The zero-order valence-corrected chi connectivity index (χ0v) is 20.4. The van der Waals surface area contributed by atoms with Gasteiger partial charge in [-0.3, -0.25) is 19.5 Å². The molecule has 3 N–H and O–H groups in total. The fourth-order valence-corrected chi connectivity index (χ4v) is 6.58. The summed E-state index contributed by atoms with van der Waals surface area (Å²) < 4.78 is 38.7. The first kappa shape index (κ1) is 25.7. The van der Waals surface area contributed by atoms with Crippen LogP contribution in [0.15, 0.2) is 48.8 Å². The van der Waals surface area contributed by atoms with E-state index in [1.165, 1.54) is 12.1 Å². The van der Waals surface area contributed by atoms with E-state index < -0.39 is 23.2 Å². The van der Waals surface area contributed by atoms with Crippen molar-refractivity contribution in [3.63, 3.8) is 0 Å². The lowest BCUT2D eigenvalue weighted by Gasteiger charge is -2.45. The van der Waals surface area contributed by atoms with Crippen LogP contribution < -0.4 is 10.6 Å². The van der Waals surface area contributed by atoms with E-state index in [1.54, 1.807) is 12.4 Å². The summed E-state index contributed by atoms with van der Waals surface area (Å²) in [4.78, 5) is 31.3. The molecule has 3 atom stereocenters. The normalized spacial score (nSPS) is 29.7. The van der Waals surface area contributed by atoms with Crippen molar-refractivity contribution in [3.8, 4) is 0 Å². The van der Waals surface area contributed by atoms with Crippen LogP contribution in [-0.2, 0) is 16.6 Å². The SMILES string of the molecule is O=C(CNC(=O)c1cccc(C(F)(F)F)c1)N[C@@H]1CCN(C2C3CCC2CC(O)(c2cccnc2)C3)C1. The van der Waals surface area contributed by atoms with Gasteiger partial charge in [-0.05, 0) is 68.2 Å². The summed E-state index contributed by atoms with van der Waals surface area (Å²) in [6, 6.07) is 8.24. The minimum atomic E-state index is -4.54. The van der Waals surface area contributed by atoms with E-state index in [2.05, 4.69) is 20.5 Å². The molecule has 2 saturated carbocycles. The van der Waals surface area contributed by atoms with Gasteiger partial charge in [0.1, 0.15) is 0 Å². The Morgan fingerprint density at radius 2 is 1.86 bits per heavy atom. The summed E-state index contributed by atoms with van der Waals surface area (Å²) in [7, 11) is 0. The van der Waals surface area contributed by atoms with Gasteiger partial charge < -0.3 is 15.7 Å². The predicted octanol–water partition coefficient (Wildman–Crippen LogP) is 3.10. The van der Waals surface area contributed by atoms with E-state index in [1.807, 2.05) is 12.1 Å². The van der Waals surface area contributed by atoms with Gasteiger partial charge in [-0.15, -0.1) is 0 Å². The molecule has 1 aromatic carbocycles. The zero-order chi connectivity index (χ0) is 26.2. The van der Waals surface area contributed by atoms with Crippen LogP contribution >= 0.6 is 0 Å². The first-order chi connectivity index (χ1) is 17.6. The van der Waals surface area contributed by atoms with Crippen molar-refractivity contribution in [1.82, 2.24) is 20.5 Å². The molecule has 10 heteroatoms. The van der Waals surface area contributed by atoms with Crippen LogP contribution in [0.2, 0.25) is 0 Å².